The number of fused-ring (bicyclic) bond motifs is 1. The third-order valence-corrected chi connectivity index (χ3v) is 4.59. The van der Waals surface area contributed by atoms with Crippen molar-refractivity contribution in [1.82, 2.24) is 9.38 Å². The van der Waals surface area contributed by atoms with Crippen LogP contribution in [0.4, 0.5) is 11.5 Å². The molecule has 128 valence electrons. The molecule has 0 unspecified atom stereocenters. The van der Waals surface area contributed by atoms with Crippen molar-refractivity contribution in [2.24, 2.45) is 0 Å². The predicted molar refractivity (Wildman–Crippen MR) is 107 cm³/mol. The molecule has 0 bridgehead atoms. The summed E-state index contributed by atoms with van der Waals surface area (Å²) in [6.45, 7) is 6.63. The Morgan fingerprint density at radius 3 is 2.48 bits per heavy atom. The van der Waals surface area contributed by atoms with E-state index in [4.69, 9.17) is 16.3 Å². The number of nitrogens with one attached hydrogen (secondary N) is 1. The molecule has 6 heteroatoms. The van der Waals surface area contributed by atoms with Crippen molar-refractivity contribution in [3.05, 3.63) is 53.3 Å². The molecule has 0 radical (unpaired) electrons. The van der Waals surface area contributed by atoms with E-state index in [2.05, 4.69) is 41.4 Å². The summed E-state index contributed by atoms with van der Waals surface area (Å²) in [5.41, 5.74) is 5.84. The Bertz CT molecular complexity index is 962. The Balaban J connectivity index is 2.08. The minimum Gasteiger partial charge on any atom is -0.497 e. The molecule has 3 aromatic rings. The monoisotopic (exact) mass is 369 g/mol. The zero-order chi connectivity index (χ0) is 18.0. The molecule has 0 aliphatic carbocycles. The second-order valence-electron chi connectivity index (χ2n) is 6.74. The van der Waals surface area contributed by atoms with Crippen molar-refractivity contribution in [1.29, 1.82) is 0 Å². The van der Waals surface area contributed by atoms with Crippen LogP contribution in [0.3, 0.4) is 0 Å². The van der Waals surface area contributed by atoms with Crippen molar-refractivity contribution < 1.29 is 4.74 Å². The maximum absolute atomic E-state index is 6.17. The first-order chi connectivity index (χ1) is 11.9. The molecule has 0 spiro atoms. The number of hydrogen-bond acceptors (Lipinski definition) is 3. The molecule has 0 aliphatic heterocycles. The minimum atomic E-state index is -1.51. The molecule has 3 rings (SSSR count). The largest absolute Gasteiger partial charge is 0.497 e. The van der Waals surface area contributed by atoms with Crippen LogP contribution in [0.2, 0.25) is 24.7 Å². The van der Waals surface area contributed by atoms with Gasteiger partial charge in [-0.3, -0.25) is 4.40 Å². The van der Waals surface area contributed by atoms with E-state index < -0.39 is 8.07 Å². The van der Waals surface area contributed by atoms with Crippen LogP contribution < -0.4 is 10.1 Å². The van der Waals surface area contributed by atoms with Gasteiger partial charge in [0.15, 0.2) is 11.5 Å². The smallest absolute Gasteiger partial charge is 0.156 e. The molecule has 0 atom stereocenters. The molecule has 4 nitrogen and oxygen atoms in total. The lowest BCUT2D eigenvalue weighted by molar-refractivity contribution is 0.415. The fraction of sp³-hybridized carbons (Fsp3) is 0.211. The van der Waals surface area contributed by atoms with Crippen molar-refractivity contribution in [3.8, 4) is 17.2 Å². The van der Waals surface area contributed by atoms with Crippen molar-refractivity contribution >= 4 is 36.8 Å². The molecular formula is C19H20ClN3OSi. The first-order valence-corrected chi connectivity index (χ1v) is 11.9. The maximum Gasteiger partial charge on any atom is 0.156 e. The van der Waals surface area contributed by atoms with Gasteiger partial charge in [0.05, 0.1) is 12.1 Å². The highest BCUT2D eigenvalue weighted by molar-refractivity contribution is 6.83. The van der Waals surface area contributed by atoms with E-state index in [1.54, 1.807) is 7.11 Å². The summed E-state index contributed by atoms with van der Waals surface area (Å²) in [5.74, 6) is 4.88. The second-order valence-corrected chi connectivity index (χ2v) is 11.9. The van der Waals surface area contributed by atoms with E-state index in [0.717, 1.165) is 28.6 Å². The summed E-state index contributed by atoms with van der Waals surface area (Å²) in [6.07, 6.45) is 1.84. The Morgan fingerprint density at radius 2 is 1.84 bits per heavy atom. The summed E-state index contributed by atoms with van der Waals surface area (Å²) in [6, 6.07) is 11.5. The Kier molecular flexibility index (Phi) is 4.75. The Labute approximate surface area is 153 Å². The van der Waals surface area contributed by atoms with Gasteiger partial charge >= 0.3 is 0 Å². The highest BCUT2D eigenvalue weighted by atomic mass is 35.5. The number of halogens is 1. The highest BCUT2D eigenvalue weighted by Crippen LogP contribution is 2.25. The third kappa shape index (κ3) is 4.16. The number of anilines is 2. The number of hydrogen-bond donors (Lipinski definition) is 1. The van der Waals surface area contributed by atoms with Gasteiger partial charge in [-0.1, -0.05) is 37.2 Å². The summed E-state index contributed by atoms with van der Waals surface area (Å²) >= 11 is 6.17. The van der Waals surface area contributed by atoms with Gasteiger partial charge in [-0.15, -0.1) is 5.54 Å². The Morgan fingerprint density at radius 1 is 1.12 bits per heavy atom. The SMILES string of the molecule is COc1ccc(Nc2c(C#C[Si](C)(C)C)nc3ccc(Cl)cn23)cc1. The van der Waals surface area contributed by atoms with Crippen LogP contribution in [0.15, 0.2) is 42.6 Å². The number of benzene rings is 1. The van der Waals surface area contributed by atoms with Gasteiger partial charge in [0.1, 0.15) is 19.5 Å². The van der Waals surface area contributed by atoms with Gasteiger partial charge in [0, 0.05) is 11.9 Å². The van der Waals surface area contributed by atoms with Crippen LogP contribution >= 0.6 is 11.6 Å². The van der Waals surface area contributed by atoms with Gasteiger partial charge in [-0.25, -0.2) is 4.98 Å². The number of nitrogens with zero attached hydrogens (tertiary/aromatic N) is 2. The molecule has 0 saturated heterocycles. The number of rotatable bonds is 3. The van der Waals surface area contributed by atoms with Crippen LogP contribution in [0.1, 0.15) is 5.69 Å². The first kappa shape index (κ1) is 17.4. The van der Waals surface area contributed by atoms with Crippen LogP contribution in [-0.2, 0) is 0 Å². The molecule has 25 heavy (non-hydrogen) atoms. The number of pyridine rings is 1. The van der Waals surface area contributed by atoms with Crippen LogP contribution in [0, 0.1) is 11.5 Å². The van der Waals surface area contributed by atoms with Gasteiger partial charge in [0.2, 0.25) is 0 Å². The lowest BCUT2D eigenvalue weighted by Crippen LogP contribution is -2.16. The van der Waals surface area contributed by atoms with E-state index in [1.807, 2.05) is 47.0 Å². The highest BCUT2D eigenvalue weighted by Gasteiger charge is 2.13. The Hall–Kier alpha value is -2.42. The number of methoxy groups -OCH3 is 1. The molecule has 0 aliphatic rings. The van der Waals surface area contributed by atoms with E-state index in [1.165, 1.54) is 0 Å². The lowest BCUT2D eigenvalue weighted by Gasteiger charge is -2.08. The van der Waals surface area contributed by atoms with E-state index in [9.17, 15) is 0 Å². The molecule has 2 heterocycles. The van der Waals surface area contributed by atoms with Gasteiger partial charge < -0.3 is 10.1 Å². The zero-order valence-corrected chi connectivity index (χ0v) is 16.5. The topological polar surface area (TPSA) is 38.6 Å². The maximum atomic E-state index is 6.17. The molecule has 1 N–H and O–H groups in total. The minimum absolute atomic E-state index is 0.646. The van der Waals surface area contributed by atoms with Crippen molar-refractivity contribution in [2.45, 2.75) is 19.6 Å². The third-order valence-electron chi connectivity index (χ3n) is 3.49. The average molecular weight is 370 g/mol. The summed E-state index contributed by atoms with van der Waals surface area (Å²) in [4.78, 5) is 4.65. The number of ether oxygens (including phenoxy) is 1. The van der Waals surface area contributed by atoms with Crippen LogP contribution in [-0.4, -0.2) is 24.6 Å². The zero-order valence-electron chi connectivity index (χ0n) is 14.7. The molecule has 0 saturated carbocycles. The van der Waals surface area contributed by atoms with Crippen molar-refractivity contribution in [3.63, 3.8) is 0 Å². The van der Waals surface area contributed by atoms with E-state index in [-0.39, 0.29) is 0 Å². The fourth-order valence-corrected chi connectivity index (χ4v) is 2.94. The standard InChI is InChI=1S/C19H20ClN3OSi/c1-24-16-8-6-15(7-9-16)21-19-17(11-12-25(2,3)4)22-18-10-5-14(20)13-23(18)19/h5-10,13,21H,1-4H3. The molecule has 0 amide bonds. The fourth-order valence-electron chi connectivity index (χ4n) is 2.28. The van der Waals surface area contributed by atoms with Crippen LogP contribution in [0.5, 0.6) is 5.75 Å². The summed E-state index contributed by atoms with van der Waals surface area (Å²) < 4.78 is 7.14. The van der Waals surface area contributed by atoms with E-state index in [0.29, 0.717) is 5.02 Å². The normalized spacial score (nSPS) is 11.1. The number of imidazole rings is 1. The van der Waals surface area contributed by atoms with Gasteiger partial charge in [0.25, 0.3) is 0 Å². The molecule has 0 fully saturated rings. The molecule has 2 aromatic heterocycles. The average Bonchev–Trinajstić information content (AvgIpc) is 2.90. The summed E-state index contributed by atoms with van der Waals surface area (Å²) in [5, 5.41) is 4.06. The molecule has 1 aromatic carbocycles. The lowest BCUT2D eigenvalue weighted by atomic mass is 10.3. The number of aromatic nitrogens is 2. The first-order valence-electron chi connectivity index (χ1n) is 7.97. The second kappa shape index (κ2) is 6.83. The van der Waals surface area contributed by atoms with Crippen LogP contribution in [0.25, 0.3) is 5.65 Å². The van der Waals surface area contributed by atoms with Gasteiger partial charge in [-0.05, 0) is 36.4 Å². The van der Waals surface area contributed by atoms with Gasteiger partial charge in [-0.2, -0.15) is 0 Å². The quantitative estimate of drug-likeness (QED) is 0.523. The van der Waals surface area contributed by atoms with E-state index >= 15 is 0 Å². The molecular weight excluding hydrogens is 350 g/mol. The summed E-state index contributed by atoms with van der Waals surface area (Å²) in [7, 11) is 0.144. The van der Waals surface area contributed by atoms with Crippen molar-refractivity contribution in [2.75, 3.05) is 12.4 Å². The predicted octanol–water partition coefficient (Wildman–Crippen LogP) is 4.97.